The van der Waals surface area contributed by atoms with E-state index in [0.717, 1.165) is 30.7 Å². The van der Waals surface area contributed by atoms with Crippen molar-refractivity contribution in [1.29, 1.82) is 0 Å². The predicted molar refractivity (Wildman–Crippen MR) is 162 cm³/mol. The Morgan fingerprint density at radius 3 is 2.42 bits per heavy atom. The summed E-state index contributed by atoms with van der Waals surface area (Å²) in [5, 5.41) is 11.1. The molecule has 2 amide bonds. The van der Waals surface area contributed by atoms with Gasteiger partial charge < -0.3 is 19.5 Å². The maximum atomic E-state index is 14.3. The Morgan fingerprint density at radius 1 is 1.19 bits per heavy atom. The average Bonchev–Trinajstić information content (AvgIpc) is 3.45. The number of ether oxygens (including phenoxy) is 2. The SMILES string of the molecule is CCCC(=O)O[C@H](C[C@H](C(C)C)N(COC(C)=O)C(=O)C(=NC(=O)[C@H]1CCCCN1C)[C@@H](C)CC)c1nc(C(=O)O)cs1. The largest absolute Gasteiger partial charge is 0.476 e. The Bertz CT molecular complexity index is 1170. The van der Waals surface area contributed by atoms with Crippen LogP contribution in [0.15, 0.2) is 10.4 Å². The molecule has 1 saturated heterocycles. The number of hydrogen-bond donors (Lipinski definition) is 1. The van der Waals surface area contributed by atoms with Crippen molar-refractivity contribution in [3.8, 4) is 0 Å². The Hall–Kier alpha value is -3.19. The number of carboxylic acids is 1. The third-order valence-electron chi connectivity index (χ3n) is 7.62. The molecule has 1 fully saturated rings. The molecule has 240 valence electrons. The van der Waals surface area contributed by atoms with E-state index < -0.39 is 48.7 Å². The number of hydrogen-bond acceptors (Lipinski definition) is 10. The van der Waals surface area contributed by atoms with E-state index in [1.165, 1.54) is 17.2 Å². The third kappa shape index (κ3) is 10.5. The molecule has 0 bridgehead atoms. The number of aliphatic imine (C=N–C) groups is 1. The monoisotopic (exact) mass is 622 g/mol. The number of carboxylic acid groups (broad SMARTS) is 1. The second kappa shape index (κ2) is 17.2. The van der Waals surface area contributed by atoms with Crippen LogP contribution in [0.25, 0.3) is 0 Å². The highest BCUT2D eigenvalue weighted by Crippen LogP contribution is 2.32. The van der Waals surface area contributed by atoms with Crippen molar-refractivity contribution in [2.75, 3.05) is 20.3 Å². The number of carbonyl (C=O) groups excluding carboxylic acids is 4. The predicted octanol–water partition coefficient (Wildman–Crippen LogP) is 4.49. The first-order valence-electron chi connectivity index (χ1n) is 15.0. The summed E-state index contributed by atoms with van der Waals surface area (Å²) in [5.74, 6) is -3.82. The van der Waals surface area contributed by atoms with Crippen LogP contribution in [-0.4, -0.2) is 87.7 Å². The highest BCUT2D eigenvalue weighted by molar-refractivity contribution is 7.09. The van der Waals surface area contributed by atoms with Gasteiger partial charge in [0.05, 0.1) is 6.04 Å². The molecule has 43 heavy (non-hydrogen) atoms. The molecule has 0 saturated carbocycles. The van der Waals surface area contributed by atoms with Gasteiger partial charge in [-0.05, 0) is 45.2 Å². The molecule has 13 heteroatoms. The second-order valence-electron chi connectivity index (χ2n) is 11.3. The molecule has 2 heterocycles. The van der Waals surface area contributed by atoms with Crippen LogP contribution in [0.1, 0.15) is 108 Å². The maximum absolute atomic E-state index is 14.3. The van der Waals surface area contributed by atoms with Gasteiger partial charge in [0.15, 0.2) is 18.5 Å². The number of esters is 2. The minimum atomic E-state index is -1.21. The van der Waals surface area contributed by atoms with Crippen molar-refractivity contribution < 1.29 is 38.6 Å². The normalized spacial score (nSPS) is 18.0. The number of likely N-dealkylation sites (tertiary alicyclic amines) is 1. The van der Waals surface area contributed by atoms with Crippen LogP contribution >= 0.6 is 11.3 Å². The first kappa shape index (κ1) is 36.0. The Labute approximate surface area is 257 Å². The van der Waals surface area contributed by atoms with E-state index in [1.54, 1.807) is 0 Å². The number of amides is 2. The van der Waals surface area contributed by atoms with Gasteiger partial charge in [0, 0.05) is 37.1 Å². The van der Waals surface area contributed by atoms with Gasteiger partial charge in [-0.2, -0.15) is 0 Å². The molecule has 0 radical (unpaired) electrons. The molecule has 12 nitrogen and oxygen atoms in total. The first-order valence-corrected chi connectivity index (χ1v) is 15.8. The van der Waals surface area contributed by atoms with Gasteiger partial charge in [0.2, 0.25) is 0 Å². The minimum absolute atomic E-state index is 0.0554. The van der Waals surface area contributed by atoms with Gasteiger partial charge >= 0.3 is 17.9 Å². The molecule has 2 rings (SSSR count). The second-order valence-corrected chi connectivity index (χ2v) is 12.2. The van der Waals surface area contributed by atoms with Crippen LogP contribution in [0, 0.1) is 11.8 Å². The number of likely N-dealkylation sites (N-methyl/N-ethyl adjacent to an activating group) is 1. The lowest BCUT2D eigenvalue weighted by atomic mass is 9.94. The third-order valence-corrected chi connectivity index (χ3v) is 8.56. The van der Waals surface area contributed by atoms with Gasteiger partial charge in [-0.25, -0.2) is 14.8 Å². The summed E-state index contributed by atoms with van der Waals surface area (Å²) in [4.78, 5) is 75.5. The summed E-state index contributed by atoms with van der Waals surface area (Å²) in [5.41, 5.74) is -0.103. The number of thiazole rings is 1. The topological polar surface area (TPSA) is 156 Å². The van der Waals surface area contributed by atoms with Gasteiger partial charge in [-0.3, -0.25) is 24.1 Å². The fourth-order valence-electron chi connectivity index (χ4n) is 4.89. The van der Waals surface area contributed by atoms with E-state index in [9.17, 15) is 29.1 Å². The molecular formula is C30H46N4O8S. The lowest BCUT2D eigenvalue weighted by Crippen LogP contribution is -2.50. The molecule has 1 N–H and O–H groups in total. The summed E-state index contributed by atoms with van der Waals surface area (Å²) < 4.78 is 11.1. The number of piperidine rings is 1. The van der Waals surface area contributed by atoms with Crippen molar-refractivity contribution in [3.05, 3.63) is 16.1 Å². The molecule has 0 aliphatic carbocycles. The Balaban J connectivity index is 2.55. The van der Waals surface area contributed by atoms with E-state index in [0.29, 0.717) is 19.3 Å². The van der Waals surface area contributed by atoms with E-state index in [4.69, 9.17) is 9.47 Å². The summed E-state index contributed by atoms with van der Waals surface area (Å²) in [6.45, 7) is 10.9. The molecule has 1 aliphatic rings. The zero-order valence-electron chi connectivity index (χ0n) is 26.3. The molecule has 1 aliphatic heterocycles. The van der Waals surface area contributed by atoms with Crippen molar-refractivity contribution in [2.24, 2.45) is 16.8 Å². The van der Waals surface area contributed by atoms with Crippen LogP contribution in [0.5, 0.6) is 0 Å². The standard InChI is InChI=1S/C30H46N4O8S/c1-8-12-25(36)42-24(28-31-21(16-43-28)30(39)40)15-23(18(3)4)34(17-41-20(6)35)29(38)26(19(5)9-2)32-27(37)22-13-10-11-14-33(22)7/h16,18-19,22-24H,8-15,17H2,1-7H3,(H,39,40)/t19-,22+,23+,24+/m0/s1. The summed E-state index contributed by atoms with van der Waals surface area (Å²) in [7, 11) is 1.87. The van der Waals surface area contributed by atoms with Crippen LogP contribution in [0.2, 0.25) is 0 Å². The smallest absolute Gasteiger partial charge is 0.355 e. The molecular weight excluding hydrogens is 576 g/mol. The van der Waals surface area contributed by atoms with Crippen molar-refractivity contribution in [1.82, 2.24) is 14.8 Å². The molecule has 4 atom stereocenters. The van der Waals surface area contributed by atoms with Gasteiger partial charge in [0.1, 0.15) is 10.7 Å². The fourth-order valence-corrected chi connectivity index (χ4v) is 5.72. The van der Waals surface area contributed by atoms with Crippen molar-refractivity contribution in [3.63, 3.8) is 0 Å². The van der Waals surface area contributed by atoms with Crippen LogP contribution in [0.4, 0.5) is 0 Å². The molecule has 1 aromatic heterocycles. The highest BCUT2D eigenvalue weighted by atomic mass is 32.1. The van der Waals surface area contributed by atoms with Gasteiger partial charge in [0.25, 0.3) is 11.8 Å². The van der Waals surface area contributed by atoms with E-state index in [2.05, 4.69) is 9.98 Å². The number of aromatic carboxylic acids is 1. The quantitative estimate of drug-likeness (QED) is 0.168. The Kier molecular flexibility index (Phi) is 14.4. The fraction of sp³-hybridized carbons (Fsp3) is 0.700. The molecule has 0 spiro atoms. The minimum Gasteiger partial charge on any atom is -0.476 e. The summed E-state index contributed by atoms with van der Waals surface area (Å²) in [6, 6.07) is -1.08. The number of aromatic nitrogens is 1. The van der Waals surface area contributed by atoms with Crippen LogP contribution in [-0.2, 0) is 28.7 Å². The van der Waals surface area contributed by atoms with E-state index in [-0.39, 0.29) is 47.0 Å². The molecule has 0 unspecified atom stereocenters. The average molecular weight is 623 g/mol. The number of carbonyl (C=O) groups is 5. The molecule has 1 aromatic rings. The molecule has 0 aromatic carbocycles. The zero-order chi connectivity index (χ0) is 32.3. The van der Waals surface area contributed by atoms with Crippen molar-refractivity contribution >= 4 is 46.8 Å². The van der Waals surface area contributed by atoms with E-state index >= 15 is 0 Å². The number of rotatable bonds is 15. The van der Waals surface area contributed by atoms with E-state index in [1.807, 2.05) is 46.6 Å². The summed E-state index contributed by atoms with van der Waals surface area (Å²) in [6.07, 6.45) is 2.88. The van der Waals surface area contributed by atoms with Gasteiger partial charge in [-0.1, -0.05) is 41.0 Å². The lowest BCUT2D eigenvalue weighted by molar-refractivity contribution is -0.154. The lowest BCUT2D eigenvalue weighted by Gasteiger charge is -2.36. The first-order chi connectivity index (χ1) is 20.3. The Morgan fingerprint density at radius 2 is 1.88 bits per heavy atom. The van der Waals surface area contributed by atoms with Crippen molar-refractivity contribution in [2.45, 2.75) is 105 Å². The van der Waals surface area contributed by atoms with Crippen LogP contribution < -0.4 is 0 Å². The number of nitrogens with zero attached hydrogens (tertiary/aromatic N) is 4. The highest BCUT2D eigenvalue weighted by Gasteiger charge is 2.37. The zero-order valence-corrected chi connectivity index (χ0v) is 27.1. The van der Waals surface area contributed by atoms with Gasteiger partial charge in [-0.15, -0.1) is 11.3 Å². The summed E-state index contributed by atoms with van der Waals surface area (Å²) >= 11 is 1.05. The maximum Gasteiger partial charge on any atom is 0.355 e. The van der Waals surface area contributed by atoms with Crippen LogP contribution in [0.3, 0.4) is 0 Å².